The number of nitrogens with zero attached hydrogens (tertiary/aromatic N) is 1. The summed E-state index contributed by atoms with van der Waals surface area (Å²) < 4.78 is 11.1. The fraction of sp³-hybridized carbons (Fsp3) is 0.357. The Kier molecular flexibility index (Phi) is 3.40. The molecule has 0 spiro atoms. The maximum absolute atomic E-state index is 6.06. The number of hydrogen-bond acceptors (Lipinski definition) is 6. The predicted octanol–water partition coefficient (Wildman–Crippen LogP) is 2.98. The zero-order valence-corrected chi connectivity index (χ0v) is 12.3. The van der Waals surface area contributed by atoms with Gasteiger partial charge in [0.25, 0.3) is 0 Å². The maximum Gasteiger partial charge on any atom is 0.163 e. The molecule has 0 saturated heterocycles. The Balaban J connectivity index is 1.83. The van der Waals surface area contributed by atoms with E-state index in [9.17, 15) is 0 Å². The molecular weight excluding hydrogens is 274 g/mol. The summed E-state index contributed by atoms with van der Waals surface area (Å²) in [5.41, 5.74) is 7.55. The van der Waals surface area contributed by atoms with Crippen LogP contribution in [0.1, 0.15) is 22.9 Å². The molecule has 1 aromatic heterocycles. The Morgan fingerprint density at radius 3 is 2.65 bits per heavy atom. The summed E-state index contributed by atoms with van der Waals surface area (Å²) in [6.45, 7) is 5.24. The first-order valence-corrected chi connectivity index (χ1v) is 7.33. The normalized spacial score (nSPS) is 14.9. The van der Waals surface area contributed by atoms with Gasteiger partial charge in [-0.25, -0.2) is 4.98 Å². The van der Waals surface area contributed by atoms with E-state index in [0.717, 1.165) is 16.4 Å². The van der Waals surface area contributed by atoms with E-state index < -0.39 is 0 Å². The first-order chi connectivity index (χ1) is 9.63. The van der Waals surface area contributed by atoms with E-state index in [-0.39, 0.29) is 6.04 Å². The highest BCUT2D eigenvalue weighted by Crippen LogP contribution is 2.38. The van der Waals surface area contributed by atoms with Crippen molar-refractivity contribution in [3.8, 4) is 11.5 Å². The summed E-state index contributed by atoms with van der Waals surface area (Å²) in [5.74, 6) is 1.44. The highest BCUT2D eigenvalue weighted by atomic mass is 32.1. The minimum atomic E-state index is 0.0959. The molecule has 1 aliphatic rings. The number of nitrogens with one attached hydrogen (secondary N) is 1. The van der Waals surface area contributed by atoms with Gasteiger partial charge in [0, 0.05) is 23.2 Å². The SMILES string of the molecule is Cc1cnc(C(C)Nc2cc3c(cc2N)OCCO3)s1. The number of thiazole rings is 1. The van der Waals surface area contributed by atoms with Crippen LogP contribution in [-0.2, 0) is 0 Å². The Hall–Kier alpha value is -1.95. The summed E-state index contributed by atoms with van der Waals surface area (Å²) >= 11 is 1.68. The first-order valence-electron chi connectivity index (χ1n) is 6.51. The van der Waals surface area contributed by atoms with Crippen LogP contribution in [-0.4, -0.2) is 18.2 Å². The molecule has 1 aliphatic heterocycles. The van der Waals surface area contributed by atoms with Crippen molar-refractivity contribution in [3.63, 3.8) is 0 Å². The molecule has 0 aliphatic carbocycles. The molecule has 2 heterocycles. The Labute approximate surface area is 121 Å². The predicted molar refractivity (Wildman–Crippen MR) is 80.7 cm³/mol. The van der Waals surface area contributed by atoms with Crippen LogP contribution in [0.5, 0.6) is 11.5 Å². The molecule has 0 fully saturated rings. The number of rotatable bonds is 3. The third-order valence-electron chi connectivity index (χ3n) is 3.10. The molecule has 3 N–H and O–H groups in total. The van der Waals surface area contributed by atoms with Crippen molar-refractivity contribution in [3.05, 3.63) is 28.2 Å². The van der Waals surface area contributed by atoms with E-state index in [1.807, 2.05) is 19.2 Å². The van der Waals surface area contributed by atoms with Gasteiger partial charge >= 0.3 is 0 Å². The molecule has 3 rings (SSSR count). The van der Waals surface area contributed by atoms with E-state index in [1.165, 1.54) is 4.88 Å². The number of aromatic nitrogens is 1. The zero-order valence-electron chi connectivity index (χ0n) is 11.5. The summed E-state index contributed by atoms with van der Waals surface area (Å²) in [6.07, 6.45) is 1.88. The first kappa shape index (κ1) is 13.1. The molecule has 106 valence electrons. The number of ether oxygens (including phenoxy) is 2. The molecule has 20 heavy (non-hydrogen) atoms. The van der Waals surface area contributed by atoms with Crippen LogP contribution < -0.4 is 20.5 Å². The van der Waals surface area contributed by atoms with Crippen LogP contribution in [0.25, 0.3) is 0 Å². The highest BCUT2D eigenvalue weighted by Gasteiger charge is 2.17. The summed E-state index contributed by atoms with van der Waals surface area (Å²) in [4.78, 5) is 5.59. The van der Waals surface area contributed by atoms with Gasteiger partial charge in [0.15, 0.2) is 11.5 Å². The summed E-state index contributed by atoms with van der Waals surface area (Å²) in [5, 5.41) is 4.42. The van der Waals surface area contributed by atoms with Gasteiger partial charge in [-0.15, -0.1) is 11.3 Å². The molecule has 6 heteroatoms. The molecule has 1 atom stereocenters. The van der Waals surface area contributed by atoms with Crippen molar-refractivity contribution in [2.75, 3.05) is 24.3 Å². The van der Waals surface area contributed by atoms with Crippen molar-refractivity contribution >= 4 is 22.7 Å². The zero-order chi connectivity index (χ0) is 14.1. The highest BCUT2D eigenvalue weighted by molar-refractivity contribution is 7.11. The van der Waals surface area contributed by atoms with E-state index in [4.69, 9.17) is 15.2 Å². The minimum Gasteiger partial charge on any atom is -0.486 e. The smallest absolute Gasteiger partial charge is 0.163 e. The second-order valence-electron chi connectivity index (χ2n) is 4.76. The topological polar surface area (TPSA) is 69.4 Å². The van der Waals surface area contributed by atoms with E-state index in [2.05, 4.69) is 17.2 Å². The molecule has 0 amide bonds. The van der Waals surface area contributed by atoms with Crippen molar-refractivity contribution in [1.29, 1.82) is 0 Å². The molecule has 0 saturated carbocycles. The molecule has 1 unspecified atom stereocenters. The van der Waals surface area contributed by atoms with Crippen molar-refractivity contribution in [2.45, 2.75) is 19.9 Å². The number of benzene rings is 1. The standard InChI is InChI=1S/C14H17N3O2S/c1-8-7-16-14(20-8)9(2)17-11-6-13-12(5-10(11)15)18-3-4-19-13/h5-7,9,17H,3-4,15H2,1-2H3. The molecule has 2 aromatic rings. The second-order valence-corrected chi connectivity index (χ2v) is 6.02. The van der Waals surface area contributed by atoms with E-state index >= 15 is 0 Å². The van der Waals surface area contributed by atoms with Crippen molar-refractivity contribution < 1.29 is 9.47 Å². The Morgan fingerprint density at radius 1 is 1.30 bits per heavy atom. The molecule has 5 nitrogen and oxygen atoms in total. The van der Waals surface area contributed by atoms with Crippen molar-refractivity contribution in [1.82, 2.24) is 4.98 Å². The lowest BCUT2D eigenvalue weighted by molar-refractivity contribution is 0.172. The average Bonchev–Trinajstić information content (AvgIpc) is 2.86. The molecular formula is C14H17N3O2S. The number of aryl methyl sites for hydroxylation is 1. The van der Waals surface area contributed by atoms with Gasteiger partial charge in [-0.2, -0.15) is 0 Å². The van der Waals surface area contributed by atoms with Gasteiger partial charge in [-0.1, -0.05) is 0 Å². The van der Waals surface area contributed by atoms with Crippen LogP contribution in [0, 0.1) is 6.92 Å². The lowest BCUT2D eigenvalue weighted by Crippen LogP contribution is -2.16. The molecule has 0 radical (unpaired) electrons. The second kappa shape index (κ2) is 5.20. The fourth-order valence-electron chi connectivity index (χ4n) is 2.10. The van der Waals surface area contributed by atoms with Crippen LogP contribution in [0.15, 0.2) is 18.3 Å². The number of fused-ring (bicyclic) bond motifs is 1. The maximum atomic E-state index is 6.06. The van der Waals surface area contributed by atoms with Crippen LogP contribution in [0.3, 0.4) is 0 Å². The quantitative estimate of drug-likeness (QED) is 0.851. The third kappa shape index (κ3) is 2.51. The number of nitrogen functional groups attached to an aromatic ring is 1. The van der Waals surface area contributed by atoms with Crippen molar-refractivity contribution in [2.24, 2.45) is 0 Å². The summed E-state index contributed by atoms with van der Waals surface area (Å²) in [7, 11) is 0. The minimum absolute atomic E-state index is 0.0959. The van der Waals surface area contributed by atoms with Crippen LogP contribution >= 0.6 is 11.3 Å². The molecule has 0 bridgehead atoms. The summed E-state index contributed by atoms with van der Waals surface area (Å²) in [6, 6.07) is 3.79. The average molecular weight is 291 g/mol. The van der Waals surface area contributed by atoms with Gasteiger partial charge in [0.1, 0.15) is 18.2 Å². The third-order valence-corrected chi connectivity index (χ3v) is 4.19. The van der Waals surface area contributed by atoms with Gasteiger partial charge in [0.05, 0.1) is 17.4 Å². The van der Waals surface area contributed by atoms with Gasteiger partial charge in [0.2, 0.25) is 0 Å². The Morgan fingerprint density at radius 2 is 2.00 bits per heavy atom. The monoisotopic (exact) mass is 291 g/mol. The van der Waals surface area contributed by atoms with Gasteiger partial charge in [-0.05, 0) is 13.8 Å². The number of nitrogens with two attached hydrogens (primary N) is 1. The number of hydrogen-bond donors (Lipinski definition) is 2. The Bertz CT molecular complexity index is 627. The van der Waals surface area contributed by atoms with Gasteiger partial charge < -0.3 is 20.5 Å². The lowest BCUT2D eigenvalue weighted by atomic mass is 10.2. The van der Waals surface area contributed by atoms with Crippen LogP contribution in [0.4, 0.5) is 11.4 Å². The largest absolute Gasteiger partial charge is 0.486 e. The number of anilines is 2. The van der Waals surface area contributed by atoms with Gasteiger partial charge in [-0.3, -0.25) is 0 Å². The lowest BCUT2D eigenvalue weighted by Gasteiger charge is -2.21. The molecule has 1 aromatic carbocycles. The van der Waals surface area contributed by atoms with E-state index in [0.29, 0.717) is 24.7 Å². The van der Waals surface area contributed by atoms with E-state index in [1.54, 1.807) is 17.4 Å². The fourth-order valence-corrected chi connectivity index (χ4v) is 2.87. The van der Waals surface area contributed by atoms with Crippen LogP contribution in [0.2, 0.25) is 0 Å².